The van der Waals surface area contributed by atoms with E-state index in [9.17, 15) is 9.18 Å². The lowest BCUT2D eigenvalue weighted by Gasteiger charge is -2.19. The number of benzene rings is 1. The molecule has 0 aromatic heterocycles. The zero-order chi connectivity index (χ0) is 12.7. The van der Waals surface area contributed by atoms with Crippen molar-refractivity contribution < 1.29 is 9.18 Å². The summed E-state index contributed by atoms with van der Waals surface area (Å²) < 4.78 is 13.5. The number of fused-ring (bicyclic) bond motifs is 2. The van der Waals surface area contributed by atoms with Crippen LogP contribution in [-0.4, -0.2) is 18.0 Å². The molecule has 3 unspecified atom stereocenters. The van der Waals surface area contributed by atoms with Crippen molar-refractivity contribution in [2.24, 2.45) is 5.92 Å². The molecule has 3 nitrogen and oxygen atoms in total. The first-order valence-electron chi connectivity index (χ1n) is 6.15. The van der Waals surface area contributed by atoms with E-state index in [0.29, 0.717) is 22.2 Å². The van der Waals surface area contributed by atoms with E-state index < -0.39 is 0 Å². The minimum atomic E-state index is -0.318. The second-order valence-electron chi connectivity index (χ2n) is 5.00. The molecular weight excluding hydrogens is 299 g/mol. The summed E-state index contributed by atoms with van der Waals surface area (Å²) in [7, 11) is 0. The van der Waals surface area contributed by atoms with Gasteiger partial charge in [-0.25, -0.2) is 4.39 Å². The van der Waals surface area contributed by atoms with Gasteiger partial charge in [-0.2, -0.15) is 0 Å². The van der Waals surface area contributed by atoms with E-state index in [2.05, 4.69) is 26.6 Å². The van der Waals surface area contributed by atoms with Crippen LogP contribution in [0.5, 0.6) is 0 Å². The molecule has 0 saturated carbocycles. The van der Waals surface area contributed by atoms with Crippen molar-refractivity contribution in [3.05, 3.63) is 28.5 Å². The third-order valence-corrected chi connectivity index (χ3v) is 4.48. The standard InChI is InChI=1S/C13H14BrFN2O/c14-10-5-7(15)1-3-12(10)17-13(18)9-6-8-2-4-11(9)16-8/h1,3,5,8-9,11,16H,2,4,6H2,(H,17,18). The van der Waals surface area contributed by atoms with Crippen LogP contribution in [0, 0.1) is 11.7 Å². The monoisotopic (exact) mass is 312 g/mol. The van der Waals surface area contributed by atoms with Crippen LogP contribution in [0.4, 0.5) is 10.1 Å². The molecule has 2 aliphatic heterocycles. The van der Waals surface area contributed by atoms with Gasteiger partial charge in [-0.15, -0.1) is 0 Å². The first kappa shape index (κ1) is 12.1. The summed E-state index contributed by atoms with van der Waals surface area (Å²) in [6.07, 6.45) is 3.16. The summed E-state index contributed by atoms with van der Waals surface area (Å²) in [6, 6.07) is 5.10. The summed E-state index contributed by atoms with van der Waals surface area (Å²) in [4.78, 5) is 12.2. The van der Waals surface area contributed by atoms with Gasteiger partial charge in [0.1, 0.15) is 5.82 Å². The van der Waals surface area contributed by atoms with Gasteiger partial charge in [0.05, 0.1) is 11.6 Å². The van der Waals surface area contributed by atoms with Crippen molar-refractivity contribution in [3.8, 4) is 0 Å². The molecule has 0 aliphatic carbocycles. The number of amides is 1. The van der Waals surface area contributed by atoms with Gasteiger partial charge < -0.3 is 10.6 Å². The molecule has 2 fully saturated rings. The zero-order valence-electron chi connectivity index (χ0n) is 9.75. The van der Waals surface area contributed by atoms with E-state index in [1.807, 2.05) is 0 Å². The number of hydrogen-bond acceptors (Lipinski definition) is 2. The van der Waals surface area contributed by atoms with Crippen molar-refractivity contribution in [1.29, 1.82) is 0 Å². The number of anilines is 1. The molecule has 1 aromatic rings. The largest absolute Gasteiger partial charge is 0.325 e. The molecule has 5 heteroatoms. The summed E-state index contributed by atoms with van der Waals surface area (Å²) in [5, 5.41) is 6.31. The second-order valence-corrected chi connectivity index (χ2v) is 5.86. The maximum Gasteiger partial charge on any atom is 0.229 e. The van der Waals surface area contributed by atoms with Gasteiger partial charge in [0.15, 0.2) is 0 Å². The van der Waals surface area contributed by atoms with E-state index in [0.717, 1.165) is 12.8 Å². The predicted molar refractivity (Wildman–Crippen MR) is 70.8 cm³/mol. The Morgan fingerprint density at radius 1 is 1.44 bits per heavy atom. The van der Waals surface area contributed by atoms with Crippen molar-refractivity contribution >= 4 is 27.5 Å². The Morgan fingerprint density at radius 2 is 2.28 bits per heavy atom. The number of carbonyl (C=O) groups excluding carboxylic acids is 1. The maximum absolute atomic E-state index is 13.0. The molecular formula is C13H14BrFN2O. The fourth-order valence-corrected chi connectivity index (χ4v) is 3.38. The third-order valence-electron chi connectivity index (χ3n) is 3.83. The van der Waals surface area contributed by atoms with Crippen LogP contribution in [0.2, 0.25) is 0 Å². The maximum atomic E-state index is 13.0. The van der Waals surface area contributed by atoms with Gasteiger partial charge in [0.2, 0.25) is 5.91 Å². The molecule has 1 aromatic carbocycles. The smallest absolute Gasteiger partial charge is 0.229 e. The molecule has 1 amide bonds. The molecule has 18 heavy (non-hydrogen) atoms. The van der Waals surface area contributed by atoms with Gasteiger partial charge >= 0.3 is 0 Å². The summed E-state index contributed by atoms with van der Waals surface area (Å²) >= 11 is 3.25. The van der Waals surface area contributed by atoms with Crippen molar-refractivity contribution in [3.63, 3.8) is 0 Å². The predicted octanol–water partition coefficient (Wildman–Crippen LogP) is 2.67. The molecule has 0 radical (unpaired) electrons. The Hall–Kier alpha value is -0.940. The molecule has 2 bridgehead atoms. The number of hydrogen-bond donors (Lipinski definition) is 2. The van der Waals surface area contributed by atoms with Crippen molar-refractivity contribution in [2.75, 3.05) is 5.32 Å². The lowest BCUT2D eigenvalue weighted by Crippen LogP contribution is -2.32. The molecule has 2 saturated heterocycles. The van der Waals surface area contributed by atoms with Gasteiger partial charge in [0.25, 0.3) is 0 Å². The summed E-state index contributed by atoms with van der Waals surface area (Å²) in [6.45, 7) is 0. The van der Waals surface area contributed by atoms with E-state index in [-0.39, 0.29) is 17.6 Å². The van der Waals surface area contributed by atoms with Crippen molar-refractivity contribution in [1.82, 2.24) is 5.32 Å². The van der Waals surface area contributed by atoms with Crippen LogP contribution in [0.3, 0.4) is 0 Å². The molecule has 3 rings (SSSR count). The number of nitrogens with one attached hydrogen (secondary N) is 2. The first-order valence-corrected chi connectivity index (χ1v) is 6.95. The molecule has 2 heterocycles. The highest BCUT2D eigenvalue weighted by Gasteiger charge is 2.42. The molecule has 2 aliphatic rings. The number of carbonyl (C=O) groups is 1. The summed E-state index contributed by atoms with van der Waals surface area (Å²) in [5.41, 5.74) is 0.629. The average Bonchev–Trinajstić information content (AvgIpc) is 2.94. The van der Waals surface area contributed by atoms with Gasteiger partial charge in [-0.05, 0) is 53.4 Å². The van der Waals surface area contributed by atoms with E-state index in [4.69, 9.17) is 0 Å². The average molecular weight is 313 g/mol. The normalized spacial score (nSPS) is 29.6. The highest BCUT2D eigenvalue weighted by atomic mass is 79.9. The molecule has 96 valence electrons. The van der Waals surface area contributed by atoms with Gasteiger partial charge in [-0.3, -0.25) is 4.79 Å². The second kappa shape index (κ2) is 4.63. The van der Waals surface area contributed by atoms with Gasteiger partial charge in [0, 0.05) is 16.6 Å². The van der Waals surface area contributed by atoms with E-state index >= 15 is 0 Å². The molecule has 2 N–H and O–H groups in total. The van der Waals surface area contributed by atoms with Crippen LogP contribution in [0.15, 0.2) is 22.7 Å². The lowest BCUT2D eigenvalue weighted by atomic mass is 9.88. The quantitative estimate of drug-likeness (QED) is 0.881. The minimum Gasteiger partial charge on any atom is -0.325 e. The fraction of sp³-hybridized carbons (Fsp3) is 0.462. The van der Waals surface area contributed by atoms with Crippen LogP contribution in [-0.2, 0) is 4.79 Å². The lowest BCUT2D eigenvalue weighted by molar-refractivity contribution is -0.120. The van der Waals surface area contributed by atoms with Gasteiger partial charge in [-0.1, -0.05) is 0 Å². The Kier molecular flexibility index (Phi) is 3.11. The first-order chi connectivity index (χ1) is 8.63. The van der Waals surface area contributed by atoms with Crippen molar-refractivity contribution in [2.45, 2.75) is 31.3 Å². The minimum absolute atomic E-state index is 0.0296. The highest BCUT2D eigenvalue weighted by Crippen LogP contribution is 2.34. The highest BCUT2D eigenvalue weighted by molar-refractivity contribution is 9.10. The van der Waals surface area contributed by atoms with E-state index in [1.165, 1.54) is 18.6 Å². The molecule has 3 atom stereocenters. The fourth-order valence-electron chi connectivity index (χ4n) is 2.93. The number of halogens is 2. The Balaban J connectivity index is 1.71. The van der Waals surface area contributed by atoms with Crippen LogP contribution in [0.1, 0.15) is 19.3 Å². The third kappa shape index (κ3) is 2.17. The van der Waals surface area contributed by atoms with Crippen LogP contribution >= 0.6 is 15.9 Å². The van der Waals surface area contributed by atoms with Crippen LogP contribution in [0.25, 0.3) is 0 Å². The zero-order valence-corrected chi connectivity index (χ0v) is 11.3. The molecule has 0 spiro atoms. The van der Waals surface area contributed by atoms with E-state index in [1.54, 1.807) is 6.07 Å². The Bertz CT molecular complexity index is 494. The topological polar surface area (TPSA) is 41.1 Å². The summed E-state index contributed by atoms with van der Waals surface area (Å²) in [5.74, 6) is -0.246. The Morgan fingerprint density at radius 3 is 2.89 bits per heavy atom. The SMILES string of the molecule is O=C(Nc1ccc(F)cc1Br)C1CC2CCC1N2. The Labute approximate surface area is 113 Å². The van der Waals surface area contributed by atoms with Crippen LogP contribution < -0.4 is 10.6 Å². The number of rotatable bonds is 2.